The molecule has 0 fully saturated rings. The van der Waals surface area contributed by atoms with Crippen molar-refractivity contribution in [2.45, 2.75) is 26.7 Å². The van der Waals surface area contributed by atoms with Crippen molar-refractivity contribution in [3.05, 3.63) is 10.6 Å². The fourth-order valence-corrected chi connectivity index (χ4v) is 0.690. The fraction of sp³-hybridized carbons (Fsp3) is 0.667. The lowest BCUT2D eigenvalue weighted by Crippen LogP contribution is -1.62. The molecule has 0 atom stereocenters. The van der Waals surface area contributed by atoms with Crippen molar-refractivity contribution in [1.82, 2.24) is 0 Å². The third-order valence-corrected chi connectivity index (χ3v) is 1.65. The maximum absolute atomic E-state index is 7.23. The summed E-state index contributed by atoms with van der Waals surface area (Å²) in [4.78, 5) is 21.7. The molecule has 0 unspecified atom stereocenters. The van der Waals surface area contributed by atoms with Crippen LogP contribution >= 0.6 is 24.5 Å². The van der Waals surface area contributed by atoms with Gasteiger partial charge in [0.25, 0.3) is 0 Å². The molecule has 3 N–H and O–H groups in total. The molecular formula is C6H14BrO3P. The van der Waals surface area contributed by atoms with Crippen molar-refractivity contribution in [3.63, 3.8) is 0 Å². The Hall–Kier alpha value is 0.530. The highest BCUT2D eigenvalue weighted by Gasteiger charge is 1.79. The van der Waals surface area contributed by atoms with E-state index in [-0.39, 0.29) is 0 Å². The molecule has 0 radical (unpaired) electrons. The summed E-state index contributed by atoms with van der Waals surface area (Å²) < 4.78 is 1.31. The van der Waals surface area contributed by atoms with Gasteiger partial charge in [-0.1, -0.05) is 35.9 Å². The van der Waals surface area contributed by atoms with E-state index in [0.29, 0.717) is 0 Å². The molecule has 0 aliphatic rings. The van der Waals surface area contributed by atoms with Crippen LogP contribution in [0.15, 0.2) is 10.6 Å². The van der Waals surface area contributed by atoms with Gasteiger partial charge in [-0.15, -0.1) is 0 Å². The molecular weight excluding hydrogens is 231 g/mol. The lowest BCUT2D eigenvalue weighted by molar-refractivity contribution is 0.368. The van der Waals surface area contributed by atoms with Gasteiger partial charge in [0.2, 0.25) is 0 Å². The Morgan fingerprint density at radius 3 is 1.82 bits per heavy atom. The first-order valence-electron chi connectivity index (χ1n) is 3.25. The molecule has 68 valence electrons. The van der Waals surface area contributed by atoms with Crippen LogP contribution in [0.2, 0.25) is 0 Å². The average molecular weight is 245 g/mol. The van der Waals surface area contributed by atoms with Gasteiger partial charge in [0.15, 0.2) is 0 Å². The minimum atomic E-state index is -2.62. The Morgan fingerprint density at radius 1 is 1.36 bits per heavy atom. The summed E-state index contributed by atoms with van der Waals surface area (Å²) in [6.07, 6.45) is 4.43. The van der Waals surface area contributed by atoms with E-state index in [1.54, 1.807) is 0 Å². The number of halogens is 1. The summed E-state index contributed by atoms with van der Waals surface area (Å²) >= 11 is 3.40. The smallest absolute Gasteiger partial charge is 0.324 e. The summed E-state index contributed by atoms with van der Waals surface area (Å²) in [6.45, 7) is 4.27. The molecule has 0 heterocycles. The Labute approximate surface area is 76.9 Å². The van der Waals surface area contributed by atoms with Gasteiger partial charge >= 0.3 is 8.60 Å². The highest BCUT2D eigenvalue weighted by Crippen LogP contribution is 2.11. The largest absolute Gasteiger partial charge is 0.328 e. The van der Waals surface area contributed by atoms with E-state index in [0.717, 1.165) is 12.8 Å². The van der Waals surface area contributed by atoms with Crippen LogP contribution in [0.3, 0.4) is 0 Å². The molecule has 3 nitrogen and oxygen atoms in total. The van der Waals surface area contributed by atoms with Crippen LogP contribution in [-0.2, 0) is 0 Å². The Balaban J connectivity index is 0. The Kier molecular flexibility index (Phi) is 13.5. The first-order chi connectivity index (χ1) is 5.04. The molecule has 0 spiro atoms. The zero-order valence-electron chi connectivity index (χ0n) is 6.66. The molecule has 11 heavy (non-hydrogen) atoms. The SMILES string of the molecule is CCC=C(Br)CC.OP(O)O. The number of rotatable bonds is 2. The topological polar surface area (TPSA) is 60.7 Å². The summed E-state index contributed by atoms with van der Waals surface area (Å²) in [5.41, 5.74) is 0. The predicted molar refractivity (Wildman–Crippen MR) is 51.2 cm³/mol. The maximum Gasteiger partial charge on any atom is 0.324 e. The van der Waals surface area contributed by atoms with Crippen molar-refractivity contribution in [2.75, 3.05) is 0 Å². The number of allylic oxidation sites excluding steroid dienone is 2. The minimum absolute atomic E-state index is 1.12. The highest BCUT2D eigenvalue weighted by atomic mass is 79.9. The average Bonchev–Trinajstić information content (AvgIpc) is 1.87. The second-order valence-corrected chi connectivity index (χ2v) is 3.24. The second-order valence-electron chi connectivity index (χ2n) is 1.68. The van der Waals surface area contributed by atoms with E-state index in [1.807, 2.05) is 0 Å². The van der Waals surface area contributed by atoms with Crippen molar-refractivity contribution in [3.8, 4) is 0 Å². The fourth-order valence-electron chi connectivity index (χ4n) is 0.366. The normalized spacial score (nSPS) is 11.0. The Morgan fingerprint density at radius 2 is 1.73 bits per heavy atom. The summed E-state index contributed by atoms with van der Waals surface area (Å²) in [7, 11) is -2.62. The first kappa shape index (κ1) is 14.1. The number of hydrogen-bond donors (Lipinski definition) is 3. The third kappa shape index (κ3) is 25.1. The van der Waals surface area contributed by atoms with Gasteiger partial charge < -0.3 is 14.7 Å². The summed E-state index contributed by atoms with van der Waals surface area (Å²) in [6, 6.07) is 0. The summed E-state index contributed by atoms with van der Waals surface area (Å²) in [5, 5.41) is 0. The van der Waals surface area contributed by atoms with Crippen molar-refractivity contribution >= 4 is 24.5 Å². The summed E-state index contributed by atoms with van der Waals surface area (Å²) in [5.74, 6) is 0. The van der Waals surface area contributed by atoms with Gasteiger partial charge in [-0.05, 0) is 17.3 Å². The molecule has 0 bridgehead atoms. The van der Waals surface area contributed by atoms with Crippen molar-refractivity contribution < 1.29 is 14.7 Å². The van der Waals surface area contributed by atoms with E-state index in [1.165, 1.54) is 4.48 Å². The minimum Gasteiger partial charge on any atom is -0.328 e. The molecule has 0 saturated carbocycles. The van der Waals surface area contributed by atoms with Crippen LogP contribution in [0, 0.1) is 0 Å². The molecule has 0 aliphatic heterocycles. The monoisotopic (exact) mass is 244 g/mol. The molecule has 0 amide bonds. The molecule has 0 rings (SSSR count). The van der Waals surface area contributed by atoms with Gasteiger partial charge in [-0.25, -0.2) is 0 Å². The quantitative estimate of drug-likeness (QED) is 0.654. The van der Waals surface area contributed by atoms with E-state index in [9.17, 15) is 0 Å². The second kappa shape index (κ2) is 10.5. The van der Waals surface area contributed by atoms with E-state index >= 15 is 0 Å². The van der Waals surface area contributed by atoms with E-state index < -0.39 is 8.60 Å². The molecule has 0 aromatic heterocycles. The number of hydrogen-bond acceptors (Lipinski definition) is 3. The zero-order valence-corrected chi connectivity index (χ0v) is 9.14. The van der Waals surface area contributed by atoms with Crippen molar-refractivity contribution in [1.29, 1.82) is 0 Å². The zero-order chi connectivity index (χ0) is 9.28. The third-order valence-electron chi connectivity index (χ3n) is 0.763. The van der Waals surface area contributed by atoms with Gasteiger partial charge in [-0.3, -0.25) is 0 Å². The molecule has 0 aromatic rings. The van der Waals surface area contributed by atoms with Crippen LogP contribution in [-0.4, -0.2) is 14.7 Å². The van der Waals surface area contributed by atoms with Crippen molar-refractivity contribution in [2.24, 2.45) is 0 Å². The van der Waals surface area contributed by atoms with Crippen LogP contribution < -0.4 is 0 Å². The van der Waals surface area contributed by atoms with Crippen LogP contribution in [0.5, 0.6) is 0 Å². The molecule has 0 aromatic carbocycles. The molecule has 5 heteroatoms. The van der Waals surface area contributed by atoms with Gasteiger partial charge in [0.1, 0.15) is 0 Å². The van der Waals surface area contributed by atoms with Gasteiger partial charge in [0.05, 0.1) is 0 Å². The van der Waals surface area contributed by atoms with Crippen LogP contribution in [0.1, 0.15) is 26.7 Å². The van der Waals surface area contributed by atoms with Gasteiger partial charge in [0, 0.05) is 0 Å². The highest BCUT2D eigenvalue weighted by molar-refractivity contribution is 9.11. The lowest BCUT2D eigenvalue weighted by atomic mass is 10.4. The predicted octanol–water partition coefficient (Wildman–Crippen LogP) is 2.28. The Bertz CT molecular complexity index is 103. The first-order valence-corrected chi connectivity index (χ1v) is 5.25. The van der Waals surface area contributed by atoms with Crippen LogP contribution in [0.25, 0.3) is 0 Å². The van der Waals surface area contributed by atoms with E-state index in [2.05, 4.69) is 35.9 Å². The lowest BCUT2D eigenvalue weighted by Gasteiger charge is -1.85. The van der Waals surface area contributed by atoms with E-state index in [4.69, 9.17) is 14.7 Å². The van der Waals surface area contributed by atoms with Crippen LogP contribution in [0.4, 0.5) is 0 Å². The standard InChI is InChI=1S/C6H11Br.H3O3P/c1-3-5-6(7)4-2;1-4(2)3/h5H,3-4H2,1-2H3;1-3H. The maximum atomic E-state index is 7.23. The van der Waals surface area contributed by atoms with Gasteiger partial charge in [-0.2, -0.15) is 0 Å². The molecule has 0 aliphatic carbocycles. The molecule has 0 saturated heterocycles.